The number of methoxy groups -OCH3 is 1. The molecule has 5 nitrogen and oxygen atoms in total. The second-order valence-electron chi connectivity index (χ2n) is 4.06. The zero-order valence-corrected chi connectivity index (χ0v) is 14.2. The van der Waals surface area contributed by atoms with Crippen LogP contribution in [-0.2, 0) is 14.3 Å². The van der Waals surface area contributed by atoms with E-state index < -0.39 is 0 Å². The van der Waals surface area contributed by atoms with Crippen LogP contribution >= 0.6 is 0 Å². The zero-order chi connectivity index (χ0) is 16.4. The summed E-state index contributed by atoms with van der Waals surface area (Å²) in [7, 11) is 5.11. The first-order valence-corrected chi connectivity index (χ1v) is 7.09. The fourth-order valence-corrected chi connectivity index (χ4v) is 1.23. The molecule has 0 amide bonds. The molecule has 20 heavy (non-hydrogen) atoms. The molecule has 0 saturated carbocycles. The molecule has 1 aliphatic rings. The molecule has 5 heteroatoms. The number of carbonyl (C=O) groups excluding carboxylic acids is 2. The Balaban J connectivity index is -0.000000207. The van der Waals surface area contributed by atoms with Crippen molar-refractivity contribution in [2.24, 2.45) is 4.99 Å². The fraction of sp³-hybridized carbons (Fsp3) is 0.800. The average Bonchev–Trinajstić information content (AvgIpc) is 2.43. The molecular weight excluding hydrogens is 256 g/mol. The third-order valence-electron chi connectivity index (χ3n) is 2.18. The van der Waals surface area contributed by atoms with E-state index in [1.54, 1.807) is 7.05 Å². The second kappa shape index (κ2) is 20.1. The third-order valence-corrected chi connectivity index (χ3v) is 2.18. The molecule has 0 aromatic carbocycles. The van der Waals surface area contributed by atoms with Gasteiger partial charge in [-0.15, -0.1) is 0 Å². The number of aliphatic imine (C=N–C) groups is 1. The van der Waals surface area contributed by atoms with Gasteiger partial charge in [0.05, 0.1) is 13.3 Å². The highest BCUT2D eigenvalue weighted by molar-refractivity contribution is 6.26. The molecule has 1 rings (SSSR count). The molecule has 0 spiro atoms. The zero-order valence-electron chi connectivity index (χ0n) is 14.2. The van der Waals surface area contributed by atoms with Gasteiger partial charge in [0.25, 0.3) is 0 Å². The molecule has 0 N–H and O–H groups in total. The number of rotatable bonds is 1. The summed E-state index contributed by atoms with van der Waals surface area (Å²) < 4.78 is 4.11. The molecule has 0 aliphatic carbocycles. The van der Waals surface area contributed by atoms with Crippen LogP contribution in [0.2, 0.25) is 0 Å². The predicted octanol–water partition coefficient (Wildman–Crippen LogP) is 2.58. The van der Waals surface area contributed by atoms with Crippen LogP contribution in [0.1, 0.15) is 47.0 Å². The Hall–Kier alpha value is -1.23. The van der Waals surface area contributed by atoms with Gasteiger partial charge in [0, 0.05) is 20.9 Å². The molecule has 1 heterocycles. The predicted molar refractivity (Wildman–Crippen MR) is 85.5 cm³/mol. The van der Waals surface area contributed by atoms with Crippen molar-refractivity contribution in [2.75, 3.05) is 34.3 Å². The number of likely N-dealkylation sites (tertiary alicyclic amines) is 1. The number of piperidine rings is 1. The minimum Gasteiger partial charge on any atom is -0.469 e. The Morgan fingerprint density at radius 3 is 1.60 bits per heavy atom. The number of Topliss-reactive ketones (excluding diaryl/α,β-unsaturated/α-hetero) is 1. The van der Waals surface area contributed by atoms with E-state index in [4.69, 9.17) is 0 Å². The standard InChI is InChI=1S/C6H13N.C4H7NO.C3H6O2.C2H6/c1-7-5-3-2-4-6-7;1-4(6)3-5-2;1-3(4)5-2;1-2/h2-6H2,1H3;3H,1-2H3;1-2H3;1-2H3. The average molecular weight is 288 g/mol. The minimum absolute atomic E-state index is 0.00231. The fourth-order valence-electron chi connectivity index (χ4n) is 1.23. The summed E-state index contributed by atoms with van der Waals surface area (Å²) in [5.41, 5.74) is 0. The van der Waals surface area contributed by atoms with Crippen molar-refractivity contribution in [1.29, 1.82) is 0 Å². The normalized spacial score (nSPS) is 13.8. The Labute approximate surface area is 124 Å². The van der Waals surface area contributed by atoms with Crippen molar-refractivity contribution < 1.29 is 14.3 Å². The van der Waals surface area contributed by atoms with E-state index in [-0.39, 0.29) is 11.8 Å². The number of hydrogen-bond donors (Lipinski definition) is 0. The van der Waals surface area contributed by atoms with Gasteiger partial charge in [-0.25, -0.2) is 0 Å². The topological polar surface area (TPSA) is 59.0 Å². The van der Waals surface area contributed by atoms with Crippen LogP contribution in [0.3, 0.4) is 0 Å². The lowest BCUT2D eigenvalue weighted by Crippen LogP contribution is -2.24. The highest BCUT2D eigenvalue weighted by Gasteiger charge is 2.02. The van der Waals surface area contributed by atoms with Crippen molar-refractivity contribution in [1.82, 2.24) is 4.90 Å². The van der Waals surface area contributed by atoms with Crippen LogP contribution in [0.5, 0.6) is 0 Å². The molecule has 0 aromatic heterocycles. The number of hydrogen-bond acceptors (Lipinski definition) is 5. The van der Waals surface area contributed by atoms with Gasteiger partial charge in [-0.2, -0.15) is 0 Å². The lowest BCUT2D eigenvalue weighted by atomic mass is 10.1. The van der Waals surface area contributed by atoms with E-state index in [1.807, 2.05) is 13.8 Å². The molecule has 1 fully saturated rings. The van der Waals surface area contributed by atoms with Gasteiger partial charge in [-0.1, -0.05) is 20.3 Å². The molecule has 0 atom stereocenters. The maximum Gasteiger partial charge on any atom is 0.302 e. The van der Waals surface area contributed by atoms with Crippen molar-refractivity contribution in [2.45, 2.75) is 47.0 Å². The third kappa shape index (κ3) is 30.1. The Kier molecular flexibility index (Phi) is 23.9. The highest BCUT2D eigenvalue weighted by Crippen LogP contribution is 2.04. The Morgan fingerprint density at radius 1 is 1.10 bits per heavy atom. The lowest BCUT2D eigenvalue weighted by Gasteiger charge is -2.20. The van der Waals surface area contributed by atoms with Crippen molar-refractivity contribution in [3.05, 3.63) is 0 Å². The summed E-state index contributed by atoms with van der Waals surface area (Å²) in [5.74, 6) is -0.248. The maximum atomic E-state index is 9.89. The van der Waals surface area contributed by atoms with Crippen LogP contribution in [0.25, 0.3) is 0 Å². The van der Waals surface area contributed by atoms with Gasteiger partial charge < -0.3 is 9.64 Å². The summed E-state index contributed by atoms with van der Waals surface area (Å²) in [6, 6.07) is 0. The highest BCUT2D eigenvalue weighted by atomic mass is 16.5. The SMILES string of the molecule is CC.CN1CCCCC1.CN=CC(C)=O.COC(C)=O. The quantitative estimate of drug-likeness (QED) is 0.549. The number of esters is 1. The molecule has 0 unspecified atom stereocenters. The molecule has 1 aliphatic heterocycles. The van der Waals surface area contributed by atoms with Gasteiger partial charge in [-0.05, 0) is 33.0 Å². The number of ketones is 1. The van der Waals surface area contributed by atoms with E-state index in [0.717, 1.165) is 0 Å². The first-order chi connectivity index (χ1) is 9.43. The van der Waals surface area contributed by atoms with E-state index in [2.05, 4.69) is 21.7 Å². The van der Waals surface area contributed by atoms with E-state index in [0.29, 0.717) is 0 Å². The molecule has 0 bridgehead atoms. The van der Waals surface area contributed by atoms with Gasteiger partial charge in [0.1, 0.15) is 0 Å². The van der Waals surface area contributed by atoms with Crippen LogP contribution in [0.15, 0.2) is 4.99 Å². The summed E-state index contributed by atoms with van der Waals surface area (Å²) in [6.07, 6.45) is 5.55. The number of ether oxygens (including phenoxy) is 1. The summed E-state index contributed by atoms with van der Waals surface area (Å²) in [5, 5.41) is 0. The van der Waals surface area contributed by atoms with E-state index in [9.17, 15) is 9.59 Å². The van der Waals surface area contributed by atoms with Gasteiger partial charge in [0.2, 0.25) is 0 Å². The number of nitrogens with zero attached hydrogens (tertiary/aromatic N) is 2. The molecule has 0 aromatic rings. The maximum absolute atomic E-state index is 9.89. The van der Waals surface area contributed by atoms with Gasteiger partial charge in [0.15, 0.2) is 5.78 Å². The summed E-state index contributed by atoms with van der Waals surface area (Å²) in [6.45, 7) is 9.47. The summed E-state index contributed by atoms with van der Waals surface area (Å²) in [4.78, 5) is 25.3. The van der Waals surface area contributed by atoms with E-state index >= 15 is 0 Å². The van der Waals surface area contributed by atoms with Gasteiger partial charge in [-0.3, -0.25) is 14.6 Å². The Bertz CT molecular complexity index is 248. The second-order valence-corrected chi connectivity index (χ2v) is 4.06. The summed E-state index contributed by atoms with van der Waals surface area (Å²) >= 11 is 0. The van der Waals surface area contributed by atoms with Crippen LogP contribution in [-0.4, -0.2) is 57.2 Å². The lowest BCUT2D eigenvalue weighted by molar-refractivity contribution is -0.137. The number of carbonyl (C=O) groups is 2. The first kappa shape index (κ1) is 23.8. The largest absolute Gasteiger partial charge is 0.469 e. The van der Waals surface area contributed by atoms with Crippen LogP contribution < -0.4 is 0 Å². The van der Waals surface area contributed by atoms with Crippen molar-refractivity contribution >= 4 is 18.0 Å². The molecular formula is C15H32N2O3. The van der Waals surface area contributed by atoms with Crippen molar-refractivity contribution in [3.8, 4) is 0 Å². The molecule has 0 radical (unpaired) electrons. The first-order valence-electron chi connectivity index (χ1n) is 7.09. The minimum atomic E-state index is -0.245. The van der Waals surface area contributed by atoms with Crippen LogP contribution in [0, 0.1) is 0 Å². The Morgan fingerprint density at radius 2 is 1.50 bits per heavy atom. The monoisotopic (exact) mass is 288 g/mol. The van der Waals surface area contributed by atoms with Crippen LogP contribution in [0.4, 0.5) is 0 Å². The van der Waals surface area contributed by atoms with Gasteiger partial charge >= 0.3 is 5.97 Å². The molecule has 120 valence electrons. The van der Waals surface area contributed by atoms with Crippen molar-refractivity contribution in [3.63, 3.8) is 0 Å². The van der Waals surface area contributed by atoms with E-state index in [1.165, 1.54) is 59.5 Å². The smallest absolute Gasteiger partial charge is 0.302 e. The molecule has 1 saturated heterocycles.